The molecule has 2 N–H and O–H groups in total. The minimum atomic E-state index is -0.302. The Balaban J connectivity index is 1.86. The number of hydrogen-bond acceptors (Lipinski definition) is 4. The first kappa shape index (κ1) is 16.0. The summed E-state index contributed by atoms with van der Waals surface area (Å²) >= 11 is 0. The van der Waals surface area contributed by atoms with Crippen molar-refractivity contribution in [1.82, 2.24) is 20.0 Å². The number of carbonyl (C=O) groups is 1. The number of carbonyl (C=O) groups excluding carboxylic acids is 1. The van der Waals surface area contributed by atoms with Crippen molar-refractivity contribution in [3.63, 3.8) is 0 Å². The van der Waals surface area contributed by atoms with Crippen LogP contribution in [0.4, 0.5) is 5.69 Å². The van der Waals surface area contributed by atoms with Gasteiger partial charge in [0.05, 0.1) is 23.8 Å². The first-order chi connectivity index (χ1) is 10.1. The molecule has 1 fully saturated rings. The fourth-order valence-corrected chi connectivity index (χ4v) is 2.63. The van der Waals surface area contributed by atoms with Crippen LogP contribution in [0.2, 0.25) is 0 Å². The highest BCUT2D eigenvalue weighted by Crippen LogP contribution is 2.26. The highest BCUT2D eigenvalue weighted by Gasteiger charge is 2.36. The topological polar surface area (TPSA) is 62.2 Å². The van der Waals surface area contributed by atoms with E-state index in [9.17, 15) is 4.79 Å². The smallest absolute Gasteiger partial charge is 0.231 e. The number of anilines is 1. The van der Waals surface area contributed by atoms with Crippen molar-refractivity contribution >= 4 is 11.6 Å². The molecule has 21 heavy (non-hydrogen) atoms. The predicted octanol–water partition coefficient (Wildman–Crippen LogP) is 1.16. The van der Waals surface area contributed by atoms with E-state index in [1.807, 2.05) is 17.8 Å². The Morgan fingerprint density at radius 1 is 1.52 bits per heavy atom. The third-order valence-corrected chi connectivity index (χ3v) is 4.35. The van der Waals surface area contributed by atoms with Crippen LogP contribution in [0.15, 0.2) is 12.4 Å². The average Bonchev–Trinajstić information content (AvgIpc) is 3.10. The van der Waals surface area contributed by atoms with Gasteiger partial charge in [-0.15, -0.1) is 0 Å². The minimum absolute atomic E-state index is 0.0794. The largest absolute Gasteiger partial charge is 0.323 e. The number of amides is 1. The number of rotatable bonds is 7. The summed E-state index contributed by atoms with van der Waals surface area (Å²) in [6.45, 7) is 11.9. The normalized spacial score (nSPS) is 21.9. The summed E-state index contributed by atoms with van der Waals surface area (Å²) in [6, 6.07) is 0. The van der Waals surface area contributed by atoms with Crippen LogP contribution in [-0.2, 0) is 11.3 Å². The second-order valence-electron chi connectivity index (χ2n) is 5.96. The van der Waals surface area contributed by atoms with Gasteiger partial charge in [0, 0.05) is 19.3 Å². The molecule has 1 saturated heterocycles. The maximum atomic E-state index is 12.3. The van der Waals surface area contributed by atoms with Crippen LogP contribution in [0.3, 0.4) is 0 Å². The zero-order chi connectivity index (χ0) is 15.3. The Bertz CT molecular complexity index is 460. The number of hydrogen-bond donors (Lipinski definition) is 2. The van der Waals surface area contributed by atoms with Crippen molar-refractivity contribution in [2.75, 3.05) is 38.0 Å². The number of aromatic nitrogens is 2. The van der Waals surface area contributed by atoms with Crippen LogP contribution in [0.1, 0.15) is 27.2 Å². The van der Waals surface area contributed by atoms with E-state index in [2.05, 4.69) is 34.5 Å². The number of nitrogens with zero attached hydrogens (tertiary/aromatic N) is 3. The first-order valence-corrected chi connectivity index (χ1v) is 7.84. The summed E-state index contributed by atoms with van der Waals surface area (Å²) in [7, 11) is 0. The summed E-state index contributed by atoms with van der Waals surface area (Å²) in [6.07, 6.45) is 4.52. The number of likely N-dealkylation sites (N-methyl/N-ethyl adjacent to an activating group) is 1. The zero-order valence-corrected chi connectivity index (χ0v) is 13.4. The molecule has 2 rings (SSSR count). The van der Waals surface area contributed by atoms with E-state index in [1.165, 1.54) is 0 Å². The lowest BCUT2D eigenvalue weighted by molar-refractivity contribution is -0.123. The molecule has 1 aromatic rings. The van der Waals surface area contributed by atoms with E-state index in [4.69, 9.17) is 0 Å². The predicted molar refractivity (Wildman–Crippen MR) is 84.2 cm³/mol. The molecule has 1 unspecified atom stereocenters. The maximum absolute atomic E-state index is 12.3. The summed E-state index contributed by atoms with van der Waals surface area (Å²) in [5, 5.41) is 10.5. The molecule has 0 aromatic carbocycles. The molecule has 2 heterocycles. The molecule has 0 aliphatic carbocycles. The highest BCUT2D eigenvalue weighted by atomic mass is 16.2. The van der Waals surface area contributed by atoms with E-state index in [-0.39, 0.29) is 11.3 Å². The lowest BCUT2D eigenvalue weighted by atomic mass is 9.89. The quantitative estimate of drug-likeness (QED) is 0.792. The van der Waals surface area contributed by atoms with Crippen LogP contribution in [0.25, 0.3) is 0 Å². The standard InChI is InChI=1S/C15H27N5O/c1-4-19(5-2)8-9-20-11-13(10-17-20)18-14(21)15(3)6-7-16-12-15/h10-11,16H,4-9,12H2,1-3H3,(H,18,21). The van der Waals surface area contributed by atoms with Gasteiger partial charge >= 0.3 is 0 Å². The lowest BCUT2D eigenvalue weighted by Gasteiger charge is -2.20. The van der Waals surface area contributed by atoms with Crippen molar-refractivity contribution in [3.8, 4) is 0 Å². The monoisotopic (exact) mass is 293 g/mol. The van der Waals surface area contributed by atoms with Crippen LogP contribution >= 0.6 is 0 Å². The highest BCUT2D eigenvalue weighted by molar-refractivity contribution is 5.95. The molecule has 118 valence electrons. The van der Waals surface area contributed by atoms with Gasteiger partial charge in [0.25, 0.3) is 0 Å². The van der Waals surface area contributed by atoms with E-state index in [1.54, 1.807) is 6.20 Å². The van der Waals surface area contributed by atoms with E-state index >= 15 is 0 Å². The SMILES string of the molecule is CCN(CC)CCn1cc(NC(=O)C2(C)CCNC2)cn1. The summed E-state index contributed by atoms with van der Waals surface area (Å²) in [4.78, 5) is 14.7. The van der Waals surface area contributed by atoms with Crippen molar-refractivity contribution in [1.29, 1.82) is 0 Å². The van der Waals surface area contributed by atoms with Crippen LogP contribution in [0.5, 0.6) is 0 Å². The Hall–Kier alpha value is -1.40. The lowest BCUT2D eigenvalue weighted by Crippen LogP contribution is -2.35. The van der Waals surface area contributed by atoms with Gasteiger partial charge in [-0.3, -0.25) is 9.48 Å². The van der Waals surface area contributed by atoms with Crippen LogP contribution in [-0.4, -0.2) is 53.3 Å². The second kappa shape index (κ2) is 7.04. The molecule has 0 spiro atoms. The Kier molecular flexibility index (Phi) is 5.36. The summed E-state index contributed by atoms with van der Waals surface area (Å²) in [5.41, 5.74) is 0.483. The molecular formula is C15H27N5O. The van der Waals surface area contributed by atoms with Gasteiger partial charge in [0.2, 0.25) is 5.91 Å². The van der Waals surface area contributed by atoms with Gasteiger partial charge in [0.1, 0.15) is 0 Å². The first-order valence-electron chi connectivity index (χ1n) is 7.84. The molecule has 0 saturated carbocycles. The van der Waals surface area contributed by atoms with E-state index < -0.39 is 0 Å². The van der Waals surface area contributed by atoms with Crippen LogP contribution in [0, 0.1) is 5.41 Å². The molecule has 1 amide bonds. The minimum Gasteiger partial charge on any atom is -0.323 e. The average molecular weight is 293 g/mol. The fraction of sp³-hybridized carbons (Fsp3) is 0.733. The molecule has 1 aliphatic heterocycles. The van der Waals surface area contributed by atoms with Crippen LogP contribution < -0.4 is 10.6 Å². The maximum Gasteiger partial charge on any atom is 0.231 e. The summed E-state index contributed by atoms with van der Waals surface area (Å²) < 4.78 is 1.89. The molecule has 0 bridgehead atoms. The third kappa shape index (κ3) is 4.04. The van der Waals surface area contributed by atoms with E-state index in [0.717, 1.165) is 51.4 Å². The molecule has 1 atom stereocenters. The van der Waals surface area contributed by atoms with Gasteiger partial charge in [-0.25, -0.2) is 0 Å². The Labute approximate surface area is 126 Å². The molecule has 1 aliphatic rings. The van der Waals surface area contributed by atoms with Gasteiger partial charge in [-0.05, 0) is 33.0 Å². The molecule has 0 radical (unpaired) electrons. The van der Waals surface area contributed by atoms with Gasteiger partial charge < -0.3 is 15.5 Å². The van der Waals surface area contributed by atoms with Gasteiger partial charge in [-0.1, -0.05) is 13.8 Å². The Morgan fingerprint density at radius 2 is 2.29 bits per heavy atom. The molecular weight excluding hydrogens is 266 g/mol. The summed E-state index contributed by atoms with van der Waals surface area (Å²) in [5.74, 6) is 0.0794. The third-order valence-electron chi connectivity index (χ3n) is 4.35. The van der Waals surface area contributed by atoms with E-state index in [0.29, 0.717) is 0 Å². The van der Waals surface area contributed by atoms with Crippen molar-refractivity contribution < 1.29 is 4.79 Å². The van der Waals surface area contributed by atoms with Crippen molar-refractivity contribution in [2.24, 2.45) is 5.41 Å². The second-order valence-corrected chi connectivity index (χ2v) is 5.96. The Morgan fingerprint density at radius 3 is 2.90 bits per heavy atom. The fourth-order valence-electron chi connectivity index (χ4n) is 2.63. The van der Waals surface area contributed by atoms with Gasteiger partial charge in [-0.2, -0.15) is 5.10 Å². The molecule has 1 aromatic heterocycles. The zero-order valence-electron chi connectivity index (χ0n) is 13.4. The molecule has 6 nitrogen and oxygen atoms in total. The molecule has 6 heteroatoms. The van der Waals surface area contributed by atoms with Crippen molar-refractivity contribution in [3.05, 3.63) is 12.4 Å². The van der Waals surface area contributed by atoms with Crippen molar-refractivity contribution in [2.45, 2.75) is 33.7 Å². The number of nitrogens with one attached hydrogen (secondary N) is 2. The van der Waals surface area contributed by atoms with Gasteiger partial charge in [0.15, 0.2) is 0 Å².